The monoisotopic (exact) mass is 398 g/mol. The van der Waals surface area contributed by atoms with Gasteiger partial charge in [-0.3, -0.25) is 9.59 Å². The molecule has 0 saturated heterocycles. The van der Waals surface area contributed by atoms with Gasteiger partial charge in [-0.2, -0.15) is 0 Å². The molecular formula is C23H30N2O2S. The maximum Gasteiger partial charge on any atom is 0.242 e. The van der Waals surface area contributed by atoms with Gasteiger partial charge in [0, 0.05) is 18.8 Å². The maximum absolute atomic E-state index is 12.9. The first kappa shape index (κ1) is 22.0. The first-order valence-electron chi connectivity index (χ1n) is 9.75. The summed E-state index contributed by atoms with van der Waals surface area (Å²) in [6.07, 6.45) is 0.873. The zero-order valence-corrected chi connectivity index (χ0v) is 17.8. The summed E-state index contributed by atoms with van der Waals surface area (Å²) >= 11 is 1.58. The van der Waals surface area contributed by atoms with E-state index < -0.39 is 6.04 Å². The average molecular weight is 399 g/mol. The van der Waals surface area contributed by atoms with Crippen molar-refractivity contribution in [2.45, 2.75) is 45.5 Å². The Morgan fingerprint density at radius 1 is 1.04 bits per heavy atom. The number of carbonyl (C=O) groups is 2. The first-order valence-corrected chi connectivity index (χ1v) is 10.9. The van der Waals surface area contributed by atoms with Crippen LogP contribution in [0, 0.1) is 6.92 Å². The molecule has 5 heteroatoms. The number of thioether (sulfide) groups is 1. The zero-order chi connectivity index (χ0) is 20.4. The number of amides is 2. The Hall–Kier alpha value is -2.27. The smallest absolute Gasteiger partial charge is 0.242 e. The molecule has 0 aliphatic rings. The summed E-state index contributed by atoms with van der Waals surface area (Å²) in [4.78, 5) is 27.1. The summed E-state index contributed by atoms with van der Waals surface area (Å²) < 4.78 is 0. The van der Waals surface area contributed by atoms with E-state index in [2.05, 4.69) is 36.5 Å². The molecule has 0 aliphatic carbocycles. The summed E-state index contributed by atoms with van der Waals surface area (Å²) in [6, 6.07) is 17.7. The molecule has 1 unspecified atom stereocenters. The van der Waals surface area contributed by atoms with E-state index >= 15 is 0 Å². The largest absolute Gasteiger partial charge is 0.354 e. The number of hydrogen-bond acceptors (Lipinski definition) is 3. The van der Waals surface area contributed by atoms with Crippen LogP contribution in [-0.4, -0.2) is 35.1 Å². The van der Waals surface area contributed by atoms with E-state index in [1.807, 2.05) is 37.3 Å². The Balaban J connectivity index is 2.00. The lowest BCUT2D eigenvalue weighted by molar-refractivity contribution is -0.138. The van der Waals surface area contributed by atoms with E-state index in [4.69, 9.17) is 0 Å². The van der Waals surface area contributed by atoms with Crippen LogP contribution in [0.4, 0.5) is 0 Å². The number of nitrogens with one attached hydrogen (secondary N) is 1. The summed E-state index contributed by atoms with van der Waals surface area (Å²) in [6.45, 7) is 6.94. The third-order valence-corrected chi connectivity index (χ3v) is 5.52. The molecule has 2 aromatic rings. The van der Waals surface area contributed by atoms with Crippen molar-refractivity contribution in [1.29, 1.82) is 0 Å². The van der Waals surface area contributed by atoms with E-state index in [0.29, 0.717) is 18.8 Å². The van der Waals surface area contributed by atoms with Crippen LogP contribution < -0.4 is 5.32 Å². The molecule has 0 spiro atoms. The van der Waals surface area contributed by atoms with Crippen LogP contribution in [0.15, 0.2) is 54.6 Å². The predicted octanol–water partition coefficient (Wildman–Crippen LogP) is 4.17. The quantitative estimate of drug-likeness (QED) is 0.653. The highest BCUT2D eigenvalue weighted by molar-refractivity contribution is 7.99. The molecule has 0 heterocycles. The molecule has 4 nitrogen and oxygen atoms in total. The predicted molar refractivity (Wildman–Crippen MR) is 117 cm³/mol. The van der Waals surface area contributed by atoms with Crippen LogP contribution in [0.5, 0.6) is 0 Å². The molecule has 2 rings (SSSR count). The van der Waals surface area contributed by atoms with E-state index in [1.165, 1.54) is 11.1 Å². The minimum Gasteiger partial charge on any atom is -0.354 e. The van der Waals surface area contributed by atoms with Crippen LogP contribution in [0.25, 0.3) is 0 Å². The van der Waals surface area contributed by atoms with Crippen molar-refractivity contribution in [3.63, 3.8) is 0 Å². The minimum atomic E-state index is -0.501. The molecule has 1 atom stereocenters. The van der Waals surface area contributed by atoms with Crippen LogP contribution in [0.1, 0.15) is 37.0 Å². The second kappa shape index (κ2) is 11.5. The Kier molecular flexibility index (Phi) is 9.08. The van der Waals surface area contributed by atoms with Crippen molar-refractivity contribution in [3.8, 4) is 0 Å². The standard InChI is InChI=1S/C23H30N2O2S/c1-4-14-24-23(27)19(3)25(15-20-8-6-5-7-9-20)22(26)17-28-16-21-12-10-18(2)11-13-21/h5-13,19H,4,14-17H2,1-3H3,(H,24,27). The fraction of sp³-hybridized carbons (Fsp3) is 0.391. The Morgan fingerprint density at radius 3 is 2.36 bits per heavy atom. The van der Waals surface area contributed by atoms with Crippen molar-refractivity contribution in [1.82, 2.24) is 10.2 Å². The van der Waals surface area contributed by atoms with Gasteiger partial charge in [0.25, 0.3) is 0 Å². The fourth-order valence-electron chi connectivity index (χ4n) is 2.78. The third-order valence-electron chi connectivity index (χ3n) is 4.53. The van der Waals surface area contributed by atoms with Crippen LogP contribution in [0.2, 0.25) is 0 Å². The molecule has 2 amide bonds. The zero-order valence-electron chi connectivity index (χ0n) is 17.0. The van der Waals surface area contributed by atoms with E-state index in [9.17, 15) is 9.59 Å². The molecule has 28 heavy (non-hydrogen) atoms. The molecule has 0 saturated carbocycles. The van der Waals surface area contributed by atoms with E-state index in [-0.39, 0.29) is 11.8 Å². The fourth-order valence-corrected chi connectivity index (χ4v) is 3.65. The SMILES string of the molecule is CCCNC(=O)C(C)N(Cc1ccccc1)C(=O)CSCc1ccc(C)cc1. The minimum absolute atomic E-state index is 0.0138. The van der Waals surface area contributed by atoms with Crippen molar-refractivity contribution < 1.29 is 9.59 Å². The Bertz CT molecular complexity index is 747. The van der Waals surface area contributed by atoms with Gasteiger partial charge in [-0.1, -0.05) is 67.1 Å². The number of rotatable bonds is 10. The molecule has 0 bridgehead atoms. The summed E-state index contributed by atoms with van der Waals surface area (Å²) in [7, 11) is 0. The van der Waals surface area contributed by atoms with Gasteiger partial charge in [0.2, 0.25) is 11.8 Å². The highest BCUT2D eigenvalue weighted by atomic mass is 32.2. The number of carbonyl (C=O) groups excluding carboxylic acids is 2. The topological polar surface area (TPSA) is 49.4 Å². The first-order chi connectivity index (χ1) is 13.5. The number of hydrogen-bond donors (Lipinski definition) is 1. The Morgan fingerprint density at radius 2 is 1.71 bits per heavy atom. The van der Waals surface area contributed by atoms with Gasteiger partial charge in [0.05, 0.1) is 5.75 Å². The average Bonchev–Trinajstić information content (AvgIpc) is 2.71. The van der Waals surface area contributed by atoms with Crippen molar-refractivity contribution >= 4 is 23.6 Å². The molecule has 0 aliphatic heterocycles. The molecule has 0 radical (unpaired) electrons. The van der Waals surface area contributed by atoms with Gasteiger partial charge in [0.15, 0.2) is 0 Å². The molecule has 150 valence electrons. The summed E-state index contributed by atoms with van der Waals surface area (Å²) in [5, 5.41) is 2.90. The molecular weight excluding hydrogens is 368 g/mol. The van der Waals surface area contributed by atoms with Gasteiger partial charge in [0.1, 0.15) is 6.04 Å². The van der Waals surface area contributed by atoms with Gasteiger partial charge in [-0.05, 0) is 31.4 Å². The third kappa shape index (κ3) is 7.04. The number of aryl methyl sites for hydroxylation is 1. The highest BCUT2D eigenvalue weighted by Crippen LogP contribution is 2.16. The van der Waals surface area contributed by atoms with Crippen LogP contribution >= 0.6 is 11.8 Å². The molecule has 0 aromatic heterocycles. The number of benzene rings is 2. The van der Waals surface area contributed by atoms with Crippen molar-refractivity contribution in [3.05, 3.63) is 71.3 Å². The number of nitrogens with zero attached hydrogens (tertiary/aromatic N) is 1. The second-order valence-electron chi connectivity index (χ2n) is 6.95. The van der Waals surface area contributed by atoms with Gasteiger partial charge in [-0.15, -0.1) is 11.8 Å². The summed E-state index contributed by atoms with van der Waals surface area (Å²) in [5.41, 5.74) is 3.45. The van der Waals surface area contributed by atoms with E-state index in [0.717, 1.165) is 17.7 Å². The highest BCUT2D eigenvalue weighted by Gasteiger charge is 2.25. The summed E-state index contributed by atoms with van der Waals surface area (Å²) in [5.74, 6) is 1.02. The van der Waals surface area contributed by atoms with Crippen LogP contribution in [-0.2, 0) is 21.9 Å². The molecule has 2 aromatic carbocycles. The van der Waals surface area contributed by atoms with Gasteiger partial charge in [-0.25, -0.2) is 0 Å². The van der Waals surface area contributed by atoms with E-state index in [1.54, 1.807) is 23.6 Å². The maximum atomic E-state index is 12.9. The lowest BCUT2D eigenvalue weighted by Gasteiger charge is -2.28. The van der Waals surface area contributed by atoms with Crippen LogP contribution in [0.3, 0.4) is 0 Å². The lowest BCUT2D eigenvalue weighted by atomic mass is 10.1. The lowest BCUT2D eigenvalue weighted by Crippen LogP contribution is -2.48. The van der Waals surface area contributed by atoms with Gasteiger partial charge >= 0.3 is 0 Å². The van der Waals surface area contributed by atoms with Crippen molar-refractivity contribution in [2.75, 3.05) is 12.3 Å². The normalized spacial score (nSPS) is 11.7. The van der Waals surface area contributed by atoms with Crippen molar-refractivity contribution in [2.24, 2.45) is 0 Å². The second-order valence-corrected chi connectivity index (χ2v) is 7.94. The Labute approximate surface area is 172 Å². The van der Waals surface area contributed by atoms with Gasteiger partial charge < -0.3 is 10.2 Å². The molecule has 0 fully saturated rings. The molecule has 1 N–H and O–H groups in total.